The van der Waals surface area contributed by atoms with Crippen LogP contribution in [0.15, 0.2) is 79.5 Å². The van der Waals surface area contributed by atoms with Crippen LogP contribution in [0.5, 0.6) is 0 Å². The minimum absolute atomic E-state index is 0.0861. The Balaban J connectivity index is 0.000000192. The average molecular weight is 464 g/mol. The van der Waals surface area contributed by atoms with Gasteiger partial charge < -0.3 is 5.11 Å². The molecule has 0 saturated carbocycles. The number of benzene rings is 2. The first-order valence-corrected chi connectivity index (χ1v) is 11.2. The lowest BCUT2D eigenvalue weighted by atomic mass is 10.00. The van der Waals surface area contributed by atoms with Crippen LogP contribution < -0.4 is 0 Å². The number of hydrogen-bond acceptors (Lipinski definition) is 2. The van der Waals surface area contributed by atoms with Gasteiger partial charge in [-0.25, -0.2) is 4.39 Å². The maximum absolute atomic E-state index is 13.4. The second-order valence-electron chi connectivity index (χ2n) is 7.97. The summed E-state index contributed by atoms with van der Waals surface area (Å²) in [6.45, 7) is 13.2. The van der Waals surface area contributed by atoms with Gasteiger partial charge in [0.15, 0.2) is 0 Å². The fraction of sp³-hybridized carbons (Fsp3) is 0.207. The van der Waals surface area contributed by atoms with Crippen LogP contribution in [0.2, 0.25) is 5.02 Å². The van der Waals surface area contributed by atoms with Crippen molar-refractivity contribution < 1.29 is 9.50 Å². The molecule has 0 bridgehead atoms. The minimum atomic E-state index is -0.324. The minimum Gasteiger partial charge on any atom is -0.508 e. The second-order valence-corrected chi connectivity index (χ2v) is 8.40. The maximum atomic E-state index is 13.4. The smallest absolute Gasteiger partial charge is 0.124 e. The zero-order chi connectivity index (χ0) is 24.4. The van der Waals surface area contributed by atoms with Crippen molar-refractivity contribution in [3.05, 3.63) is 118 Å². The van der Waals surface area contributed by atoms with Crippen molar-refractivity contribution in [1.82, 2.24) is 4.98 Å². The summed E-state index contributed by atoms with van der Waals surface area (Å²) in [5.74, 6) is -0.410. The highest BCUT2D eigenvalue weighted by Crippen LogP contribution is 2.34. The lowest BCUT2D eigenvalue weighted by Gasteiger charge is -2.07. The predicted octanol–water partition coefficient (Wildman–Crippen LogP) is 8.99. The Labute approximate surface area is 201 Å². The van der Waals surface area contributed by atoms with Crippen molar-refractivity contribution in [2.24, 2.45) is 0 Å². The standard InChI is InChI=1S/C14H15FO.C9H10.C6H6ClN/c1-9-4-3-5-14(9)12-6-11(10(2)16)7-13(15)8-12;1-3-9-7-5-4-6-8(9)2;1-5-2-3-6(7)4-8-5/h6-8,16H,2-5H2,1H3;3-7H,1H2,2H3;2-4H,1H3. The summed E-state index contributed by atoms with van der Waals surface area (Å²) >= 11 is 5.55. The van der Waals surface area contributed by atoms with E-state index < -0.39 is 0 Å². The molecule has 1 aromatic heterocycles. The normalized spacial score (nSPS) is 12.3. The third-order valence-corrected chi connectivity index (χ3v) is 5.58. The van der Waals surface area contributed by atoms with Crippen LogP contribution >= 0.6 is 11.6 Å². The van der Waals surface area contributed by atoms with E-state index in [0.717, 1.165) is 30.5 Å². The molecule has 0 atom stereocenters. The van der Waals surface area contributed by atoms with Crippen LogP contribution in [-0.4, -0.2) is 10.1 Å². The summed E-state index contributed by atoms with van der Waals surface area (Å²) in [5, 5.41) is 9.99. The quantitative estimate of drug-likeness (QED) is 0.393. The van der Waals surface area contributed by atoms with Gasteiger partial charge >= 0.3 is 0 Å². The largest absolute Gasteiger partial charge is 0.508 e. The van der Waals surface area contributed by atoms with E-state index in [1.54, 1.807) is 12.3 Å². The van der Waals surface area contributed by atoms with Gasteiger partial charge in [0.25, 0.3) is 0 Å². The zero-order valence-corrected chi connectivity index (χ0v) is 20.3. The molecule has 0 saturated heterocycles. The molecule has 0 aliphatic heterocycles. The molecule has 33 heavy (non-hydrogen) atoms. The number of aromatic nitrogens is 1. The molecule has 0 unspecified atom stereocenters. The topological polar surface area (TPSA) is 33.1 Å². The fourth-order valence-electron chi connectivity index (χ4n) is 3.48. The Kier molecular flexibility index (Phi) is 10.1. The van der Waals surface area contributed by atoms with Crippen LogP contribution in [0.3, 0.4) is 0 Å². The zero-order valence-electron chi connectivity index (χ0n) is 19.5. The third kappa shape index (κ3) is 8.36. The van der Waals surface area contributed by atoms with Gasteiger partial charge in [0.2, 0.25) is 0 Å². The molecule has 172 valence electrons. The number of pyridine rings is 1. The number of halogens is 2. The molecule has 1 heterocycles. The van der Waals surface area contributed by atoms with E-state index in [2.05, 4.69) is 44.1 Å². The van der Waals surface area contributed by atoms with Crippen molar-refractivity contribution >= 4 is 29.0 Å². The SMILES string of the molecule is C=C(O)c1cc(F)cc(C2=C(C)CCC2)c1.C=Cc1ccccc1C.Cc1ccc(Cl)cn1. The fourth-order valence-corrected chi connectivity index (χ4v) is 3.59. The lowest BCUT2D eigenvalue weighted by molar-refractivity contribution is 0.512. The van der Waals surface area contributed by atoms with Crippen molar-refractivity contribution in [3.8, 4) is 0 Å². The van der Waals surface area contributed by atoms with Crippen LogP contribution in [0.25, 0.3) is 17.4 Å². The Morgan fingerprint density at radius 2 is 1.79 bits per heavy atom. The molecule has 2 nitrogen and oxygen atoms in total. The van der Waals surface area contributed by atoms with E-state index in [0.29, 0.717) is 10.6 Å². The van der Waals surface area contributed by atoms with E-state index in [1.165, 1.54) is 34.4 Å². The number of allylic oxidation sites excluding steroid dienone is 2. The maximum Gasteiger partial charge on any atom is 0.124 e. The van der Waals surface area contributed by atoms with Crippen LogP contribution in [0.1, 0.15) is 54.1 Å². The summed E-state index contributed by atoms with van der Waals surface area (Å²) in [4.78, 5) is 3.95. The van der Waals surface area contributed by atoms with E-state index in [9.17, 15) is 9.50 Å². The Morgan fingerprint density at radius 3 is 2.27 bits per heavy atom. The molecule has 1 N–H and O–H groups in total. The molecule has 3 aromatic rings. The van der Waals surface area contributed by atoms with Gasteiger partial charge in [-0.3, -0.25) is 4.98 Å². The first-order chi connectivity index (χ1) is 15.7. The molecule has 2 aromatic carbocycles. The molecular formula is C29H31ClFNO. The third-order valence-electron chi connectivity index (χ3n) is 5.36. The Bertz CT molecular complexity index is 1110. The highest BCUT2D eigenvalue weighted by molar-refractivity contribution is 6.30. The molecule has 4 heteroatoms. The van der Waals surface area contributed by atoms with E-state index in [1.807, 2.05) is 37.3 Å². The van der Waals surface area contributed by atoms with Gasteiger partial charge in [-0.05, 0) is 92.6 Å². The van der Waals surface area contributed by atoms with Gasteiger partial charge in [-0.15, -0.1) is 0 Å². The number of nitrogens with zero attached hydrogens (tertiary/aromatic N) is 1. The van der Waals surface area contributed by atoms with Gasteiger partial charge in [-0.1, -0.05) is 60.7 Å². The molecule has 0 amide bonds. The van der Waals surface area contributed by atoms with Gasteiger partial charge in [0.1, 0.15) is 11.6 Å². The van der Waals surface area contributed by atoms with Gasteiger partial charge in [-0.2, -0.15) is 0 Å². The van der Waals surface area contributed by atoms with Crippen LogP contribution in [0.4, 0.5) is 4.39 Å². The monoisotopic (exact) mass is 463 g/mol. The van der Waals surface area contributed by atoms with Gasteiger partial charge in [0, 0.05) is 17.5 Å². The molecule has 4 rings (SSSR count). The molecule has 0 fully saturated rings. The van der Waals surface area contributed by atoms with Crippen molar-refractivity contribution in [2.75, 3.05) is 0 Å². The van der Waals surface area contributed by atoms with E-state index in [-0.39, 0.29) is 11.6 Å². The second kappa shape index (κ2) is 12.8. The summed E-state index contributed by atoms with van der Waals surface area (Å²) in [7, 11) is 0. The van der Waals surface area contributed by atoms with Crippen LogP contribution in [-0.2, 0) is 0 Å². The summed E-state index contributed by atoms with van der Waals surface area (Å²) in [6.07, 6.45) is 6.72. The molecule has 0 radical (unpaired) electrons. The summed E-state index contributed by atoms with van der Waals surface area (Å²) in [5.41, 5.74) is 7.36. The molecule has 0 spiro atoms. The van der Waals surface area contributed by atoms with E-state index >= 15 is 0 Å². The number of hydrogen-bond donors (Lipinski definition) is 1. The summed E-state index contributed by atoms with van der Waals surface area (Å²) < 4.78 is 13.4. The summed E-state index contributed by atoms with van der Waals surface area (Å²) in [6, 6.07) is 16.5. The van der Waals surface area contributed by atoms with E-state index in [4.69, 9.17) is 11.6 Å². The van der Waals surface area contributed by atoms with Gasteiger partial charge in [0.05, 0.1) is 5.02 Å². The highest BCUT2D eigenvalue weighted by atomic mass is 35.5. The Morgan fingerprint density at radius 1 is 1.06 bits per heavy atom. The number of aliphatic hydroxyl groups is 1. The molecular weight excluding hydrogens is 433 g/mol. The molecule has 1 aliphatic rings. The first kappa shape index (κ1) is 26.1. The number of aliphatic hydroxyl groups excluding tert-OH is 1. The van der Waals surface area contributed by atoms with Crippen molar-refractivity contribution in [3.63, 3.8) is 0 Å². The average Bonchev–Trinajstić information content (AvgIpc) is 3.22. The predicted molar refractivity (Wildman–Crippen MR) is 140 cm³/mol. The first-order valence-electron chi connectivity index (χ1n) is 10.8. The lowest BCUT2D eigenvalue weighted by Crippen LogP contribution is -1.90. The highest BCUT2D eigenvalue weighted by Gasteiger charge is 2.14. The van der Waals surface area contributed by atoms with Crippen molar-refractivity contribution in [1.29, 1.82) is 0 Å². The number of rotatable bonds is 3. The molecule has 1 aliphatic carbocycles. The number of aryl methyl sites for hydroxylation is 2. The van der Waals surface area contributed by atoms with Crippen LogP contribution in [0, 0.1) is 19.7 Å². The Hall–Kier alpha value is -3.17. The van der Waals surface area contributed by atoms with Crippen molar-refractivity contribution in [2.45, 2.75) is 40.0 Å².